The molecule has 25 heavy (non-hydrogen) atoms. The van der Waals surface area contributed by atoms with E-state index in [4.69, 9.17) is 11.5 Å². The zero-order valence-corrected chi connectivity index (χ0v) is 14.9. The highest BCUT2D eigenvalue weighted by Gasteiger charge is 2.29. The van der Waals surface area contributed by atoms with Crippen LogP contribution in [0.2, 0.25) is 0 Å². The van der Waals surface area contributed by atoms with Crippen molar-refractivity contribution in [3.05, 3.63) is 35.9 Å². The molecule has 0 aliphatic carbocycles. The number of imide groups is 1. The Bertz CT molecular complexity index is 548. The third-order valence-electron chi connectivity index (χ3n) is 4.10. The summed E-state index contributed by atoms with van der Waals surface area (Å²) < 4.78 is 0. The first-order chi connectivity index (χ1) is 12.0. The monoisotopic (exact) mass is 347 g/mol. The molecule has 4 N–H and O–H groups in total. The van der Waals surface area contributed by atoms with Crippen LogP contribution in [0.5, 0.6) is 0 Å². The van der Waals surface area contributed by atoms with Crippen LogP contribution >= 0.6 is 0 Å². The van der Waals surface area contributed by atoms with E-state index in [0.29, 0.717) is 25.7 Å². The number of rotatable bonds is 11. The molecule has 0 radical (unpaired) electrons. The molecular weight excluding hydrogens is 318 g/mol. The van der Waals surface area contributed by atoms with Gasteiger partial charge in [0.1, 0.15) is 6.29 Å². The van der Waals surface area contributed by atoms with Gasteiger partial charge in [0, 0.05) is 6.42 Å². The average Bonchev–Trinajstić information content (AvgIpc) is 2.62. The lowest BCUT2D eigenvalue weighted by Gasteiger charge is -2.26. The number of carbonyl (C=O) groups excluding carboxylic acids is 3. The lowest BCUT2D eigenvalue weighted by molar-refractivity contribution is -0.150. The van der Waals surface area contributed by atoms with Crippen LogP contribution in [0, 0.1) is 0 Å². The molecule has 6 nitrogen and oxygen atoms in total. The fourth-order valence-electron chi connectivity index (χ4n) is 2.63. The van der Waals surface area contributed by atoms with E-state index in [2.05, 4.69) is 0 Å². The quantitative estimate of drug-likeness (QED) is 0.465. The minimum Gasteiger partial charge on any atom is -0.330 e. The van der Waals surface area contributed by atoms with Crippen LogP contribution in [0.3, 0.4) is 0 Å². The molecule has 0 fully saturated rings. The Morgan fingerprint density at radius 3 is 2.44 bits per heavy atom. The molecule has 1 rings (SSSR count). The number of nitrogens with zero attached hydrogens (tertiary/aromatic N) is 1. The van der Waals surface area contributed by atoms with Crippen molar-refractivity contribution >= 4 is 18.1 Å². The third-order valence-corrected chi connectivity index (χ3v) is 4.10. The summed E-state index contributed by atoms with van der Waals surface area (Å²) >= 11 is 0. The fourth-order valence-corrected chi connectivity index (χ4v) is 2.63. The van der Waals surface area contributed by atoms with E-state index in [0.717, 1.165) is 29.7 Å². The summed E-state index contributed by atoms with van der Waals surface area (Å²) in [5.41, 5.74) is 12.5. The summed E-state index contributed by atoms with van der Waals surface area (Å²) in [6.45, 7) is 2.07. The second-order valence-electron chi connectivity index (χ2n) is 6.21. The summed E-state index contributed by atoms with van der Waals surface area (Å²) in [6, 6.07) is 8.23. The van der Waals surface area contributed by atoms with Gasteiger partial charge < -0.3 is 16.3 Å². The number of benzene rings is 1. The van der Waals surface area contributed by atoms with E-state index < -0.39 is 18.0 Å². The first kappa shape index (κ1) is 21.0. The van der Waals surface area contributed by atoms with Crippen molar-refractivity contribution in [2.45, 2.75) is 57.5 Å². The van der Waals surface area contributed by atoms with Gasteiger partial charge in [0.15, 0.2) is 0 Å². The lowest BCUT2D eigenvalue weighted by Crippen LogP contribution is -2.51. The SMILES string of the molecule is C[C@@H](C=O)N(C(=O)CCCc1ccccc1)C(=O)[C@@H](N)CCCCN. The predicted molar refractivity (Wildman–Crippen MR) is 97.6 cm³/mol. The van der Waals surface area contributed by atoms with Crippen LogP contribution in [0.1, 0.15) is 44.6 Å². The molecule has 1 aromatic rings. The van der Waals surface area contributed by atoms with Gasteiger partial charge in [-0.15, -0.1) is 0 Å². The molecule has 2 amide bonds. The Morgan fingerprint density at radius 2 is 1.84 bits per heavy atom. The van der Waals surface area contributed by atoms with Crippen LogP contribution in [0.15, 0.2) is 30.3 Å². The summed E-state index contributed by atoms with van der Waals surface area (Å²) in [6.07, 6.45) is 4.10. The van der Waals surface area contributed by atoms with Crippen LogP contribution in [-0.4, -0.2) is 41.6 Å². The predicted octanol–water partition coefficient (Wildman–Crippen LogP) is 1.41. The largest absolute Gasteiger partial charge is 0.330 e. The highest BCUT2D eigenvalue weighted by Crippen LogP contribution is 2.11. The molecule has 0 spiro atoms. The summed E-state index contributed by atoms with van der Waals surface area (Å²) in [7, 11) is 0. The van der Waals surface area contributed by atoms with E-state index in [1.165, 1.54) is 6.92 Å². The maximum absolute atomic E-state index is 12.5. The number of unbranched alkanes of at least 4 members (excludes halogenated alkanes) is 1. The molecule has 1 aromatic carbocycles. The number of aryl methyl sites for hydroxylation is 1. The van der Waals surface area contributed by atoms with Crippen molar-refractivity contribution in [3.63, 3.8) is 0 Å². The van der Waals surface area contributed by atoms with Gasteiger partial charge in [-0.1, -0.05) is 36.8 Å². The smallest absolute Gasteiger partial charge is 0.246 e. The Kier molecular flexibility index (Phi) is 9.65. The van der Waals surface area contributed by atoms with Gasteiger partial charge in [-0.3, -0.25) is 14.5 Å². The van der Waals surface area contributed by atoms with E-state index in [1.807, 2.05) is 30.3 Å². The van der Waals surface area contributed by atoms with Gasteiger partial charge in [0.05, 0.1) is 12.1 Å². The van der Waals surface area contributed by atoms with Gasteiger partial charge in [-0.25, -0.2) is 0 Å². The van der Waals surface area contributed by atoms with Crippen LogP contribution < -0.4 is 11.5 Å². The molecule has 0 bridgehead atoms. The summed E-state index contributed by atoms with van der Waals surface area (Å²) in [4.78, 5) is 37.1. The van der Waals surface area contributed by atoms with Gasteiger partial charge in [0.2, 0.25) is 11.8 Å². The van der Waals surface area contributed by atoms with Crippen molar-refractivity contribution in [1.82, 2.24) is 4.90 Å². The second-order valence-corrected chi connectivity index (χ2v) is 6.21. The average molecular weight is 347 g/mol. The molecule has 0 heterocycles. The fraction of sp³-hybridized carbons (Fsp3) is 0.526. The molecule has 0 aliphatic heterocycles. The molecular formula is C19H29N3O3. The number of amides is 2. The summed E-state index contributed by atoms with van der Waals surface area (Å²) in [5.74, 6) is -0.837. The number of carbonyl (C=O) groups is 3. The normalized spacial score (nSPS) is 13.1. The van der Waals surface area contributed by atoms with Crippen molar-refractivity contribution in [1.29, 1.82) is 0 Å². The minimum atomic E-state index is -0.808. The molecule has 138 valence electrons. The standard InChI is InChI=1S/C19H29N3O3/c1-15(14-23)22(19(25)17(21)11-5-6-13-20)18(24)12-7-10-16-8-3-2-4-9-16/h2-4,8-9,14-15,17H,5-7,10-13,20-21H2,1H3/t15-,17-/m0/s1. The molecule has 0 aliphatic rings. The number of hydrogen-bond donors (Lipinski definition) is 2. The maximum atomic E-state index is 12.5. The van der Waals surface area contributed by atoms with E-state index >= 15 is 0 Å². The van der Waals surface area contributed by atoms with Crippen molar-refractivity contribution < 1.29 is 14.4 Å². The summed E-state index contributed by atoms with van der Waals surface area (Å²) in [5, 5.41) is 0. The van der Waals surface area contributed by atoms with Gasteiger partial charge >= 0.3 is 0 Å². The van der Waals surface area contributed by atoms with Crippen LogP contribution in [0.4, 0.5) is 0 Å². The van der Waals surface area contributed by atoms with Crippen molar-refractivity contribution in [3.8, 4) is 0 Å². The third kappa shape index (κ3) is 7.15. The zero-order chi connectivity index (χ0) is 18.7. The highest BCUT2D eigenvalue weighted by molar-refractivity contribution is 6.00. The zero-order valence-electron chi connectivity index (χ0n) is 14.9. The minimum absolute atomic E-state index is 0.203. The van der Waals surface area contributed by atoms with E-state index in [9.17, 15) is 14.4 Å². The molecule has 0 saturated heterocycles. The Morgan fingerprint density at radius 1 is 1.16 bits per heavy atom. The Hall–Kier alpha value is -2.05. The van der Waals surface area contributed by atoms with E-state index in [-0.39, 0.29) is 12.3 Å². The second kappa shape index (κ2) is 11.5. The van der Waals surface area contributed by atoms with Gasteiger partial charge in [-0.05, 0) is 44.7 Å². The van der Waals surface area contributed by atoms with Crippen LogP contribution in [0.25, 0.3) is 0 Å². The first-order valence-electron chi connectivity index (χ1n) is 8.82. The molecule has 2 atom stereocenters. The van der Waals surface area contributed by atoms with Crippen LogP contribution in [-0.2, 0) is 20.8 Å². The van der Waals surface area contributed by atoms with Crippen molar-refractivity contribution in [2.24, 2.45) is 11.5 Å². The molecule has 0 aromatic heterocycles. The first-order valence-corrected chi connectivity index (χ1v) is 8.82. The maximum Gasteiger partial charge on any atom is 0.246 e. The molecule has 0 saturated carbocycles. The number of hydrogen-bond acceptors (Lipinski definition) is 5. The van der Waals surface area contributed by atoms with E-state index in [1.54, 1.807) is 0 Å². The Labute approximate surface area is 149 Å². The molecule has 6 heteroatoms. The lowest BCUT2D eigenvalue weighted by atomic mass is 10.1. The van der Waals surface area contributed by atoms with Gasteiger partial charge in [-0.2, -0.15) is 0 Å². The number of aldehydes is 1. The molecule has 0 unspecified atom stereocenters. The Balaban J connectivity index is 2.62. The highest BCUT2D eigenvalue weighted by atomic mass is 16.2. The topological polar surface area (TPSA) is 106 Å². The number of nitrogens with two attached hydrogens (primary N) is 2. The van der Waals surface area contributed by atoms with Gasteiger partial charge in [0.25, 0.3) is 0 Å². The van der Waals surface area contributed by atoms with Crippen molar-refractivity contribution in [2.75, 3.05) is 6.54 Å².